The van der Waals surface area contributed by atoms with Crippen LogP contribution in [0.1, 0.15) is 43.9 Å². The molecule has 0 radical (unpaired) electrons. The van der Waals surface area contributed by atoms with E-state index in [1.807, 2.05) is 26.0 Å². The summed E-state index contributed by atoms with van der Waals surface area (Å²) in [7, 11) is 0. The lowest BCUT2D eigenvalue weighted by Gasteiger charge is -2.27. The van der Waals surface area contributed by atoms with Crippen LogP contribution in [0.2, 0.25) is 5.02 Å². The van der Waals surface area contributed by atoms with E-state index in [1.165, 1.54) is 18.9 Å². The Bertz CT molecular complexity index is 940. The quantitative estimate of drug-likeness (QED) is 0.660. The van der Waals surface area contributed by atoms with E-state index in [9.17, 15) is 9.18 Å². The van der Waals surface area contributed by atoms with Crippen molar-refractivity contribution in [2.24, 2.45) is 11.3 Å². The Hall–Kier alpha value is -2.27. The second kappa shape index (κ2) is 6.96. The summed E-state index contributed by atoms with van der Waals surface area (Å²) in [4.78, 5) is 11.2. The number of hydrogen-bond acceptors (Lipinski definition) is 2. The molecule has 2 aliphatic rings. The molecule has 6 heteroatoms. The monoisotopic (exact) mass is 403 g/mol. The number of hydrogen-bond donors (Lipinski definition) is 2. The molecule has 1 fully saturated rings. The van der Waals surface area contributed by atoms with Crippen molar-refractivity contribution in [3.05, 3.63) is 52.3 Å². The van der Waals surface area contributed by atoms with E-state index in [-0.39, 0.29) is 5.41 Å². The van der Waals surface area contributed by atoms with E-state index < -0.39 is 18.0 Å². The van der Waals surface area contributed by atoms with E-state index in [2.05, 4.69) is 5.32 Å². The van der Waals surface area contributed by atoms with Crippen LogP contribution in [-0.4, -0.2) is 17.8 Å². The third-order valence-electron chi connectivity index (χ3n) is 5.65. The van der Waals surface area contributed by atoms with E-state index in [1.54, 1.807) is 12.1 Å². The molecule has 0 unspecified atom stereocenters. The number of carboxylic acid groups (broad SMARTS) is 1. The first kappa shape index (κ1) is 19.1. The van der Waals surface area contributed by atoms with Crippen molar-refractivity contribution in [3.63, 3.8) is 0 Å². The molecule has 2 N–H and O–H groups in total. The van der Waals surface area contributed by atoms with Crippen molar-refractivity contribution in [1.29, 1.82) is 0 Å². The molecule has 0 bridgehead atoms. The molecular formula is C22H23ClFNO3. The van der Waals surface area contributed by atoms with Crippen molar-refractivity contribution in [2.75, 3.05) is 6.61 Å². The van der Waals surface area contributed by atoms with Crippen LogP contribution in [0.4, 0.5) is 9.18 Å². The van der Waals surface area contributed by atoms with Crippen LogP contribution in [0, 0.1) is 17.2 Å². The van der Waals surface area contributed by atoms with Crippen LogP contribution in [0.15, 0.2) is 30.3 Å². The first-order valence-electron chi connectivity index (χ1n) is 9.49. The predicted octanol–water partition coefficient (Wildman–Crippen LogP) is 5.83. The third kappa shape index (κ3) is 3.68. The summed E-state index contributed by atoms with van der Waals surface area (Å²) in [6, 6.07) is 8.14. The van der Waals surface area contributed by atoms with Gasteiger partial charge >= 0.3 is 6.09 Å². The standard InChI is InChI=1S/C22H23ClFNO3/c1-22(2)10-14-7-15(18(24)9-16(14)20(22)25-21(26)27)13-5-6-19(17(23)8-13)28-11-12-3-4-12/h5-9,12,20,25H,3-4,10-11H2,1-2H3,(H,26,27)/t20-/m0/s1. The van der Waals surface area contributed by atoms with Crippen LogP contribution in [0.3, 0.4) is 0 Å². The van der Waals surface area contributed by atoms with E-state index in [0.29, 0.717) is 46.4 Å². The summed E-state index contributed by atoms with van der Waals surface area (Å²) in [5.41, 5.74) is 2.45. The van der Waals surface area contributed by atoms with Gasteiger partial charge in [0.1, 0.15) is 11.6 Å². The van der Waals surface area contributed by atoms with Crippen molar-refractivity contribution >= 4 is 17.7 Å². The summed E-state index contributed by atoms with van der Waals surface area (Å²) in [5.74, 6) is 0.850. The fourth-order valence-electron chi connectivity index (χ4n) is 3.96. The molecule has 2 aromatic carbocycles. The maximum absolute atomic E-state index is 14.9. The molecule has 1 amide bonds. The van der Waals surface area contributed by atoms with Crippen LogP contribution < -0.4 is 10.1 Å². The van der Waals surface area contributed by atoms with E-state index >= 15 is 0 Å². The van der Waals surface area contributed by atoms with Gasteiger partial charge in [-0.25, -0.2) is 9.18 Å². The molecule has 2 aromatic rings. The van der Waals surface area contributed by atoms with Gasteiger partial charge in [-0.1, -0.05) is 31.5 Å². The summed E-state index contributed by atoms with van der Waals surface area (Å²) >= 11 is 6.36. The molecule has 2 aliphatic carbocycles. The number of amides is 1. The highest BCUT2D eigenvalue weighted by atomic mass is 35.5. The fourth-order valence-corrected chi connectivity index (χ4v) is 4.20. The van der Waals surface area contributed by atoms with Gasteiger partial charge in [0.05, 0.1) is 17.7 Å². The van der Waals surface area contributed by atoms with Crippen LogP contribution in [0.5, 0.6) is 5.75 Å². The Kier molecular flexibility index (Phi) is 4.74. The summed E-state index contributed by atoms with van der Waals surface area (Å²) in [5, 5.41) is 12.1. The Morgan fingerprint density at radius 3 is 2.71 bits per heavy atom. The number of rotatable bonds is 5. The number of ether oxygens (including phenoxy) is 1. The lowest BCUT2D eigenvalue weighted by molar-refractivity contribution is 0.175. The Morgan fingerprint density at radius 2 is 2.07 bits per heavy atom. The van der Waals surface area contributed by atoms with E-state index in [0.717, 1.165) is 5.56 Å². The summed E-state index contributed by atoms with van der Waals surface area (Å²) < 4.78 is 20.7. The Balaban J connectivity index is 1.65. The van der Waals surface area contributed by atoms with Gasteiger partial charge in [-0.3, -0.25) is 0 Å². The smallest absolute Gasteiger partial charge is 0.405 e. The first-order chi connectivity index (χ1) is 13.2. The number of carbonyl (C=O) groups is 1. The van der Waals surface area contributed by atoms with Gasteiger partial charge in [0, 0.05) is 5.56 Å². The van der Waals surface area contributed by atoms with Gasteiger partial charge in [-0.05, 0) is 71.6 Å². The van der Waals surface area contributed by atoms with Gasteiger partial charge in [0.25, 0.3) is 0 Å². The number of fused-ring (bicyclic) bond motifs is 1. The largest absolute Gasteiger partial charge is 0.492 e. The predicted molar refractivity (Wildman–Crippen MR) is 106 cm³/mol. The minimum absolute atomic E-state index is 0.329. The highest BCUT2D eigenvalue weighted by Gasteiger charge is 2.40. The average molecular weight is 404 g/mol. The van der Waals surface area contributed by atoms with Gasteiger partial charge < -0.3 is 15.2 Å². The van der Waals surface area contributed by atoms with Crippen LogP contribution >= 0.6 is 11.6 Å². The number of benzene rings is 2. The maximum Gasteiger partial charge on any atom is 0.405 e. The molecule has 0 aliphatic heterocycles. The lowest BCUT2D eigenvalue weighted by Crippen LogP contribution is -2.34. The van der Waals surface area contributed by atoms with Crippen molar-refractivity contribution in [1.82, 2.24) is 5.32 Å². The van der Waals surface area contributed by atoms with Gasteiger partial charge in [-0.15, -0.1) is 0 Å². The molecule has 4 nitrogen and oxygen atoms in total. The second-order valence-corrected chi connectivity index (χ2v) is 8.89. The SMILES string of the molecule is CC1(C)Cc2cc(-c3ccc(OCC4CC4)c(Cl)c3)c(F)cc2[C@@H]1NC(=O)O. The highest BCUT2D eigenvalue weighted by Crippen LogP contribution is 2.47. The molecule has 0 saturated heterocycles. The zero-order valence-electron chi connectivity index (χ0n) is 15.9. The average Bonchev–Trinajstić information content (AvgIpc) is 3.40. The molecule has 1 saturated carbocycles. The summed E-state index contributed by atoms with van der Waals surface area (Å²) in [6.45, 7) is 4.63. The molecule has 1 atom stereocenters. The summed E-state index contributed by atoms with van der Waals surface area (Å²) in [6.07, 6.45) is 1.95. The number of nitrogens with one attached hydrogen (secondary N) is 1. The zero-order valence-corrected chi connectivity index (χ0v) is 16.6. The fraction of sp³-hybridized carbons (Fsp3) is 0.409. The molecule has 28 heavy (non-hydrogen) atoms. The minimum atomic E-state index is -1.11. The lowest BCUT2D eigenvalue weighted by atomic mass is 9.85. The van der Waals surface area contributed by atoms with Crippen LogP contribution in [-0.2, 0) is 6.42 Å². The van der Waals surface area contributed by atoms with Gasteiger partial charge in [-0.2, -0.15) is 0 Å². The molecule has 148 valence electrons. The molecule has 0 heterocycles. The van der Waals surface area contributed by atoms with Gasteiger partial charge in [0.15, 0.2) is 0 Å². The Morgan fingerprint density at radius 1 is 1.32 bits per heavy atom. The zero-order chi connectivity index (χ0) is 20.1. The van der Waals surface area contributed by atoms with Crippen LogP contribution in [0.25, 0.3) is 11.1 Å². The van der Waals surface area contributed by atoms with Crippen molar-refractivity contribution < 1.29 is 19.0 Å². The van der Waals surface area contributed by atoms with Crippen molar-refractivity contribution in [2.45, 2.75) is 39.2 Å². The normalized spacial score (nSPS) is 19.9. The topological polar surface area (TPSA) is 58.6 Å². The Labute approximate surface area is 168 Å². The second-order valence-electron chi connectivity index (χ2n) is 8.48. The van der Waals surface area contributed by atoms with E-state index in [4.69, 9.17) is 21.4 Å². The molecule has 0 spiro atoms. The van der Waals surface area contributed by atoms with Gasteiger partial charge in [0.2, 0.25) is 0 Å². The molecule has 4 rings (SSSR count). The maximum atomic E-state index is 14.9. The molecular weight excluding hydrogens is 381 g/mol. The minimum Gasteiger partial charge on any atom is -0.492 e. The molecule has 0 aromatic heterocycles. The third-order valence-corrected chi connectivity index (χ3v) is 5.94. The number of halogens is 2. The van der Waals surface area contributed by atoms with Crippen molar-refractivity contribution in [3.8, 4) is 16.9 Å². The first-order valence-corrected chi connectivity index (χ1v) is 9.87. The highest BCUT2D eigenvalue weighted by molar-refractivity contribution is 6.32.